The quantitative estimate of drug-likeness (QED) is 0.376. The van der Waals surface area contributed by atoms with Gasteiger partial charge in [0, 0.05) is 58.3 Å². The number of halogens is 3. The molecule has 1 aliphatic rings. The van der Waals surface area contributed by atoms with Crippen LogP contribution >= 0.6 is 61.9 Å². The summed E-state index contributed by atoms with van der Waals surface area (Å²) in [6.07, 6.45) is 0.817. The van der Waals surface area contributed by atoms with Crippen molar-refractivity contribution in [2.45, 2.75) is 35.6 Å². The molecular weight excluding hydrogens is 561 g/mol. The molecule has 0 amide bonds. The molecule has 0 radical (unpaired) electrons. The summed E-state index contributed by atoms with van der Waals surface area (Å²) in [5.41, 5.74) is 2.25. The van der Waals surface area contributed by atoms with E-state index in [4.69, 9.17) is 11.6 Å². The maximum Gasteiger partial charge on any atom is 0.0516 e. The number of carboxylic acids is 1. The number of aromatic nitrogens is 1. The summed E-state index contributed by atoms with van der Waals surface area (Å²) in [7, 11) is 0. The molecule has 1 aliphatic heterocycles. The van der Waals surface area contributed by atoms with Crippen LogP contribution in [0.4, 0.5) is 0 Å². The van der Waals surface area contributed by atoms with E-state index in [9.17, 15) is 9.90 Å². The fourth-order valence-corrected chi connectivity index (χ4v) is 6.90. The van der Waals surface area contributed by atoms with Gasteiger partial charge in [-0.1, -0.05) is 46.2 Å². The molecule has 2 aromatic carbocycles. The summed E-state index contributed by atoms with van der Waals surface area (Å²) >= 11 is 13.7. The van der Waals surface area contributed by atoms with Crippen molar-refractivity contribution in [1.82, 2.24) is 4.57 Å². The van der Waals surface area contributed by atoms with Gasteiger partial charge in [-0.25, -0.2) is 0 Å². The monoisotopic (exact) mass is 574 g/mol. The Morgan fingerprint density at radius 3 is 2.74 bits per heavy atom. The first-order valence-electron chi connectivity index (χ1n) is 8.52. The summed E-state index contributed by atoms with van der Waals surface area (Å²) < 4.78 is 4.46. The first kappa shape index (κ1) is 19.6. The highest BCUT2D eigenvalue weighted by molar-refractivity contribution is 14.1. The third kappa shape index (κ3) is 3.54. The molecule has 2 heterocycles. The van der Waals surface area contributed by atoms with Crippen molar-refractivity contribution >= 4 is 78.8 Å². The van der Waals surface area contributed by atoms with Gasteiger partial charge in [0.15, 0.2) is 0 Å². The number of hydrogen-bond acceptors (Lipinski definition) is 3. The topological polar surface area (TPSA) is 45.1 Å². The number of fused-ring (bicyclic) bond motifs is 3. The van der Waals surface area contributed by atoms with Crippen LogP contribution < -0.4 is 5.11 Å². The molecule has 2 atom stereocenters. The molecule has 0 saturated heterocycles. The number of carbonyl (C=O) groups excluding carboxylic acids is 1. The van der Waals surface area contributed by atoms with E-state index in [-0.39, 0.29) is 5.92 Å². The second-order valence-electron chi connectivity index (χ2n) is 6.71. The van der Waals surface area contributed by atoms with Crippen LogP contribution in [-0.2, 0) is 11.3 Å². The zero-order valence-electron chi connectivity index (χ0n) is 14.3. The number of hydrogen-bond donors (Lipinski definition) is 0. The fraction of sp³-hybridized carbons (Fsp3) is 0.250. The Bertz CT molecular complexity index is 1050. The number of rotatable bonds is 4. The molecule has 0 saturated carbocycles. The fourth-order valence-electron chi connectivity index (χ4n) is 3.77. The SMILES string of the molecule is CC(C(=O)[O-])C1CCn2c1c(Sc1ccc(Cl)cc1)c1c(Br)cc(I)cc12. The van der Waals surface area contributed by atoms with E-state index in [0.29, 0.717) is 5.02 Å². The minimum Gasteiger partial charge on any atom is -0.550 e. The van der Waals surface area contributed by atoms with E-state index in [2.05, 4.69) is 55.2 Å². The van der Waals surface area contributed by atoms with Crippen LogP contribution in [0.25, 0.3) is 10.9 Å². The largest absolute Gasteiger partial charge is 0.550 e. The van der Waals surface area contributed by atoms with Crippen LogP contribution in [-0.4, -0.2) is 10.5 Å². The van der Waals surface area contributed by atoms with Crippen molar-refractivity contribution in [1.29, 1.82) is 0 Å². The first-order valence-corrected chi connectivity index (χ1v) is 11.6. The van der Waals surface area contributed by atoms with Gasteiger partial charge in [-0.15, -0.1) is 0 Å². The number of nitrogens with zero attached hydrogens (tertiary/aromatic N) is 1. The van der Waals surface area contributed by atoms with Gasteiger partial charge in [0.1, 0.15) is 0 Å². The van der Waals surface area contributed by atoms with Crippen molar-refractivity contribution in [2.24, 2.45) is 5.92 Å². The van der Waals surface area contributed by atoms with Crippen molar-refractivity contribution in [2.75, 3.05) is 0 Å². The molecule has 140 valence electrons. The van der Waals surface area contributed by atoms with Gasteiger partial charge in [-0.05, 0) is 65.4 Å². The van der Waals surface area contributed by atoms with Crippen molar-refractivity contribution < 1.29 is 9.90 Å². The summed E-state index contributed by atoms with van der Waals surface area (Å²) in [4.78, 5) is 13.8. The second kappa shape index (κ2) is 7.61. The molecule has 2 unspecified atom stereocenters. The van der Waals surface area contributed by atoms with Crippen LogP contribution in [0.5, 0.6) is 0 Å². The van der Waals surface area contributed by atoms with E-state index in [0.717, 1.165) is 47.4 Å². The Labute approximate surface area is 188 Å². The Kier molecular flexibility index (Phi) is 5.53. The predicted octanol–water partition coefficient (Wildman–Crippen LogP) is 5.69. The van der Waals surface area contributed by atoms with E-state index < -0.39 is 11.9 Å². The Balaban J connectivity index is 1.94. The lowest BCUT2D eigenvalue weighted by Crippen LogP contribution is -2.32. The summed E-state index contributed by atoms with van der Waals surface area (Å²) in [6.45, 7) is 2.57. The highest BCUT2D eigenvalue weighted by atomic mass is 127. The molecule has 4 rings (SSSR count). The van der Waals surface area contributed by atoms with Gasteiger partial charge in [0.05, 0.1) is 5.52 Å². The molecule has 0 fully saturated rings. The van der Waals surface area contributed by atoms with Gasteiger partial charge in [-0.2, -0.15) is 0 Å². The van der Waals surface area contributed by atoms with Gasteiger partial charge in [0.2, 0.25) is 0 Å². The molecule has 1 aromatic heterocycles. The van der Waals surface area contributed by atoms with Gasteiger partial charge < -0.3 is 14.5 Å². The van der Waals surface area contributed by atoms with E-state index in [1.165, 1.54) is 0 Å². The van der Waals surface area contributed by atoms with E-state index >= 15 is 0 Å². The highest BCUT2D eigenvalue weighted by Crippen LogP contribution is 2.49. The van der Waals surface area contributed by atoms with E-state index in [1.54, 1.807) is 18.7 Å². The molecule has 7 heteroatoms. The Morgan fingerprint density at radius 2 is 2.07 bits per heavy atom. The molecule has 0 aliphatic carbocycles. The number of carbonyl (C=O) groups is 1. The second-order valence-corrected chi connectivity index (χ2v) is 10.3. The summed E-state index contributed by atoms with van der Waals surface area (Å²) in [5.74, 6) is -1.57. The van der Waals surface area contributed by atoms with Crippen molar-refractivity contribution in [3.8, 4) is 0 Å². The minimum atomic E-state index is -0.991. The zero-order chi connectivity index (χ0) is 19.3. The van der Waals surface area contributed by atoms with Crippen LogP contribution in [0.1, 0.15) is 25.0 Å². The normalized spacial score (nSPS) is 17.3. The number of aryl methyl sites for hydroxylation is 1. The molecule has 0 spiro atoms. The zero-order valence-corrected chi connectivity index (χ0v) is 19.7. The molecule has 27 heavy (non-hydrogen) atoms. The van der Waals surface area contributed by atoms with Crippen molar-refractivity contribution in [3.05, 3.63) is 55.2 Å². The number of aliphatic carboxylic acids is 1. The third-order valence-corrected chi connectivity index (χ3v) is 7.72. The maximum absolute atomic E-state index is 11.6. The van der Waals surface area contributed by atoms with Gasteiger partial charge in [-0.3, -0.25) is 0 Å². The molecule has 0 N–H and O–H groups in total. The van der Waals surface area contributed by atoms with Crippen LogP contribution in [0.2, 0.25) is 5.02 Å². The van der Waals surface area contributed by atoms with Crippen LogP contribution in [0.3, 0.4) is 0 Å². The minimum absolute atomic E-state index is 0.0539. The van der Waals surface area contributed by atoms with E-state index in [1.807, 2.05) is 24.3 Å². The lowest BCUT2D eigenvalue weighted by atomic mass is 9.90. The molecular formula is C20H15BrClINO2S-. The van der Waals surface area contributed by atoms with Crippen molar-refractivity contribution in [3.63, 3.8) is 0 Å². The Morgan fingerprint density at radius 1 is 1.37 bits per heavy atom. The van der Waals surface area contributed by atoms with Gasteiger partial charge in [0.25, 0.3) is 0 Å². The Hall–Kier alpha value is -0.700. The first-order chi connectivity index (χ1) is 12.9. The maximum atomic E-state index is 11.6. The lowest BCUT2D eigenvalue weighted by molar-refractivity contribution is -0.311. The molecule has 3 aromatic rings. The highest BCUT2D eigenvalue weighted by Gasteiger charge is 2.34. The summed E-state index contributed by atoms with van der Waals surface area (Å²) in [6, 6.07) is 12.0. The molecule has 3 nitrogen and oxygen atoms in total. The number of benzene rings is 2. The summed E-state index contributed by atoms with van der Waals surface area (Å²) in [5, 5.41) is 13.4. The average molecular weight is 576 g/mol. The standard InChI is InChI=1S/C20H16BrClINO2S/c1-10(20(25)26)14-6-7-24-16-9-12(23)8-15(21)17(16)19(18(14)24)27-13-4-2-11(22)3-5-13/h2-5,8-10,14H,6-7H2,1H3,(H,25,26)/p-1. The lowest BCUT2D eigenvalue weighted by Gasteiger charge is -2.21. The smallest absolute Gasteiger partial charge is 0.0516 e. The number of carboxylic acid groups (broad SMARTS) is 1. The van der Waals surface area contributed by atoms with Crippen LogP contribution in [0.15, 0.2) is 50.7 Å². The predicted molar refractivity (Wildman–Crippen MR) is 119 cm³/mol. The average Bonchev–Trinajstić information content (AvgIpc) is 3.16. The van der Waals surface area contributed by atoms with Crippen LogP contribution in [0, 0.1) is 9.49 Å². The third-order valence-electron chi connectivity index (χ3n) is 5.10. The molecule has 0 bridgehead atoms. The van der Waals surface area contributed by atoms with Gasteiger partial charge >= 0.3 is 0 Å².